The zero-order valence-corrected chi connectivity index (χ0v) is 11.4. The van der Waals surface area contributed by atoms with E-state index in [0.29, 0.717) is 17.2 Å². The molecule has 1 amide bonds. The molecule has 1 aliphatic carbocycles. The van der Waals surface area contributed by atoms with Crippen LogP contribution in [0.4, 0.5) is 0 Å². The van der Waals surface area contributed by atoms with Gasteiger partial charge in [0, 0.05) is 13.6 Å². The van der Waals surface area contributed by atoms with Crippen molar-refractivity contribution in [2.24, 2.45) is 13.0 Å². The van der Waals surface area contributed by atoms with Crippen LogP contribution in [0.5, 0.6) is 0 Å². The lowest BCUT2D eigenvalue weighted by molar-refractivity contribution is 0.0898. The molecule has 0 saturated heterocycles. The lowest BCUT2D eigenvalue weighted by Gasteiger charge is -2.13. The first-order chi connectivity index (χ1) is 8.91. The van der Waals surface area contributed by atoms with Gasteiger partial charge in [-0.2, -0.15) is 5.10 Å². The van der Waals surface area contributed by atoms with E-state index in [4.69, 9.17) is 0 Å². The highest BCUT2D eigenvalue weighted by atomic mass is 16.3. The van der Waals surface area contributed by atoms with Gasteiger partial charge in [-0.1, -0.05) is 0 Å². The van der Waals surface area contributed by atoms with Crippen molar-refractivity contribution in [3.63, 3.8) is 0 Å². The molecule has 6 nitrogen and oxygen atoms in total. The molecule has 1 fully saturated rings. The van der Waals surface area contributed by atoms with E-state index in [1.807, 2.05) is 0 Å². The molecule has 0 radical (unpaired) electrons. The molecule has 1 aromatic rings. The van der Waals surface area contributed by atoms with Crippen LogP contribution in [-0.2, 0) is 7.05 Å². The lowest BCUT2D eigenvalue weighted by Crippen LogP contribution is -2.38. The summed E-state index contributed by atoms with van der Waals surface area (Å²) in [5, 5.41) is 16.4. The molecule has 6 heteroatoms. The van der Waals surface area contributed by atoms with Crippen LogP contribution in [0.3, 0.4) is 0 Å². The maximum Gasteiger partial charge on any atom is 0.279 e. The van der Waals surface area contributed by atoms with Gasteiger partial charge >= 0.3 is 0 Å². The van der Waals surface area contributed by atoms with E-state index in [2.05, 4.69) is 10.4 Å². The Labute approximate surface area is 111 Å². The van der Waals surface area contributed by atoms with Gasteiger partial charge in [0.25, 0.3) is 11.5 Å². The number of aryl methyl sites for hydroxylation is 2. The van der Waals surface area contributed by atoms with Crippen molar-refractivity contribution >= 4 is 5.91 Å². The number of aliphatic hydroxyl groups excluding tert-OH is 1. The summed E-state index contributed by atoms with van der Waals surface area (Å²) < 4.78 is 1.16. The molecule has 0 bridgehead atoms. The second-order valence-corrected chi connectivity index (χ2v) is 5.13. The van der Waals surface area contributed by atoms with E-state index < -0.39 is 17.6 Å². The van der Waals surface area contributed by atoms with Gasteiger partial charge in [-0.05, 0) is 38.2 Å². The number of aromatic nitrogens is 2. The van der Waals surface area contributed by atoms with E-state index in [1.165, 1.54) is 7.05 Å². The summed E-state index contributed by atoms with van der Waals surface area (Å²) in [5.41, 5.74) is 0.927. The number of hydrogen-bond acceptors (Lipinski definition) is 4. The number of nitrogens with zero attached hydrogens (tertiary/aromatic N) is 2. The van der Waals surface area contributed by atoms with Gasteiger partial charge < -0.3 is 10.4 Å². The topological polar surface area (TPSA) is 84.2 Å². The van der Waals surface area contributed by atoms with Crippen molar-refractivity contribution in [1.29, 1.82) is 0 Å². The Balaban J connectivity index is 2.16. The summed E-state index contributed by atoms with van der Waals surface area (Å²) in [7, 11) is 1.52. The van der Waals surface area contributed by atoms with Crippen molar-refractivity contribution < 1.29 is 9.90 Å². The minimum atomic E-state index is -0.518. The summed E-state index contributed by atoms with van der Waals surface area (Å²) >= 11 is 0. The third-order valence-corrected chi connectivity index (χ3v) is 3.59. The summed E-state index contributed by atoms with van der Waals surface area (Å²) in [6, 6.07) is 0. The minimum absolute atomic E-state index is 0.109. The molecule has 104 valence electrons. The van der Waals surface area contributed by atoms with Crippen LogP contribution in [0.1, 0.15) is 34.5 Å². The average Bonchev–Trinajstić information content (AvgIpc) is 3.18. The monoisotopic (exact) mass is 265 g/mol. The van der Waals surface area contributed by atoms with Crippen molar-refractivity contribution in [3.05, 3.63) is 27.2 Å². The largest absolute Gasteiger partial charge is 0.391 e. The van der Waals surface area contributed by atoms with E-state index in [9.17, 15) is 14.7 Å². The van der Waals surface area contributed by atoms with Gasteiger partial charge in [-0.25, -0.2) is 4.68 Å². The minimum Gasteiger partial charge on any atom is -0.391 e. The number of nitrogens with one attached hydrogen (secondary N) is 1. The van der Waals surface area contributed by atoms with E-state index in [0.717, 1.165) is 17.5 Å². The van der Waals surface area contributed by atoms with Gasteiger partial charge in [0.2, 0.25) is 0 Å². The van der Waals surface area contributed by atoms with Gasteiger partial charge in [0.1, 0.15) is 5.56 Å². The first-order valence-corrected chi connectivity index (χ1v) is 6.42. The molecular weight excluding hydrogens is 246 g/mol. The highest BCUT2D eigenvalue weighted by molar-refractivity contribution is 5.95. The van der Waals surface area contributed by atoms with Crippen LogP contribution in [0.15, 0.2) is 4.79 Å². The van der Waals surface area contributed by atoms with Crippen LogP contribution >= 0.6 is 0 Å². The summed E-state index contributed by atoms with van der Waals surface area (Å²) in [6.45, 7) is 3.65. The highest BCUT2D eigenvalue weighted by Gasteiger charge is 2.30. The van der Waals surface area contributed by atoms with Crippen molar-refractivity contribution in [2.75, 3.05) is 6.54 Å². The van der Waals surface area contributed by atoms with Crippen molar-refractivity contribution in [2.45, 2.75) is 32.8 Å². The average molecular weight is 265 g/mol. The van der Waals surface area contributed by atoms with Crippen molar-refractivity contribution in [3.8, 4) is 0 Å². The Morgan fingerprint density at radius 1 is 1.53 bits per heavy atom. The molecule has 2 rings (SSSR count). The summed E-state index contributed by atoms with van der Waals surface area (Å²) in [4.78, 5) is 24.0. The fraction of sp³-hybridized carbons (Fsp3) is 0.615. The summed E-state index contributed by atoms with van der Waals surface area (Å²) in [6.07, 6.45) is 1.49. The zero-order chi connectivity index (χ0) is 14.2. The number of amides is 1. The van der Waals surface area contributed by atoms with E-state index >= 15 is 0 Å². The van der Waals surface area contributed by atoms with Crippen LogP contribution in [-0.4, -0.2) is 33.4 Å². The molecule has 1 unspecified atom stereocenters. The molecule has 0 spiro atoms. The Morgan fingerprint density at radius 2 is 2.16 bits per heavy atom. The molecule has 0 aromatic carbocycles. The van der Waals surface area contributed by atoms with Gasteiger partial charge in [-0.15, -0.1) is 0 Å². The van der Waals surface area contributed by atoms with Crippen LogP contribution in [0.25, 0.3) is 0 Å². The fourth-order valence-corrected chi connectivity index (χ4v) is 2.05. The highest BCUT2D eigenvalue weighted by Crippen LogP contribution is 2.32. The van der Waals surface area contributed by atoms with Crippen LogP contribution in [0.2, 0.25) is 0 Å². The Hall–Kier alpha value is -1.69. The van der Waals surface area contributed by atoms with Gasteiger partial charge in [0.05, 0.1) is 11.8 Å². The van der Waals surface area contributed by atoms with E-state index in [-0.39, 0.29) is 12.1 Å². The maximum atomic E-state index is 12.1. The molecule has 1 heterocycles. The maximum absolute atomic E-state index is 12.1. The molecule has 2 N–H and O–H groups in total. The lowest BCUT2D eigenvalue weighted by atomic mass is 10.1. The standard InChI is InChI=1S/C13H19N3O3/c1-7-8(2)15-16(3)13(19)11(7)12(18)14-6-10(17)9-4-5-9/h9-10,17H,4-6H2,1-3H3,(H,14,18). The quantitative estimate of drug-likeness (QED) is 0.796. The molecule has 1 aromatic heterocycles. The number of hydrogen-bond donors (Lipinski definition) is 2. The molecule has 1 atom stereocenters. The molecular formula is C13H19N3O3. The fourth-order valence-electron chi connectivity index (χ4n) is 2.05. The van der Waals surface area contributed by atoms with Crippen LogP contribution in [0, 0.1) is 19.8 Å². The van der Waals surface area contributed by atoms with Crippen molar-refractivity contribution in [1.82, 2.24) is 15.1 Å². The predicted octanol–water partition coefficient (Wildman–Crippen LogP) is -0.102. The first kappa shape index (κ1) is 13.7. The molecule has 1 saturated carbocycles. The second-order valence-electron chi connectivity index (χ2n) is 5.13. The Bertz CT molecular complexity index is 561. The number of carbonyl (C=O) groups excluding carboxylic acids is 1. The number of carbonyl (C=O) groups is 1. The number of rotatable bonds is 4. The van der Waals surface area contributed by atoms with Gasteiger partial charge in [-0.3, -0.25) is 9.59 Å². The molecule has 1 aliphatic rings. The first-order valence-electron chi connectivity index (χ1n) is 6.42. The smallest absolute Gasteiger partial charge is 0.279 e. The predicted molar refractivity (Wildman–Crippen MR) is 70.0 cm³/mol. The Morgan fingerprint density at radius 3 is 2.74 bits per heavy atom. The zero-order valence-electron chi connectivity index (χ0n) is 11.4. The number of aliphatic hydroxyl groups is 1. The Kier molecular flexibility index (Phi) is 3.71. The van der Waals surface area contributed by atoms with Crippen LogP contribution < -0.4 is 10.9 Å². The summed E-state index contributed by atoms with van der Waals surface area (Å²) in [5.74, 6) is -0.147. The third-order valence-electron chi connectivity index (χ3n) is 3.59. The van der Waals surface area contributed by atoms with Gasteiger partial charge in [0.15, 0.2) is 0 Å². The second kappa shape index (κ2) is 5.13. The third kappa shape index (κ3) is 2.84. The molecule has 19 heavy (non-hydrogen) atoms. The van der Waals surface area contributed by atoms with E-state index in [1.54, 1.807) is 13.8 Å². The SMILES string of the molecule is Cc1nn(C)c(=O)c(C(=O)NCC(O)C2CC2)c1C. The normalized spacial score (nSPS) is 16.2. The molecule has 0 aliphatic heterocycles.